The molecule has 1 aliphatic carbocycles. The van der Waals surface area contributed by atoms with E-state index in [-0.39, 0.29) is 28.0 Å². The van der Waals surface area contributed by atoms with Crippen molar-refractivity contribution in [2.75, 3.05) is 6.61 Å². The molecule has 1 aromatic carbocycles. The van der Waals surface area contributed by atoms with Gasteiger partial charge in [-0.3, -0.25) is 9.08 Å². The second-order valence-electron chi connectivity index (χ2n) is 6.84. The number of pyridine rings is 1. The Balaban J connectivity index is 1.81. The summed E-state index contributed by atoms with van der Waals surface area (Å²) in [6.45, 7) is -0.328. The van der Waals surface area contributed by atoms with E-state index in [0.717, 1.165) is 25.3 Å². The van der Waals surface area contributed by atoms with Gasteiger partial charge in [-0.2, -0.15) is 17.2 Å². The molecule has 11 heteroatoms. The van der Waals surface area contributed by atoms with Gasteiger partial charge in [0.05, 0.1) is 6.61 Å². The lowest BCUT2D eigenvalue weighted by atomic mass is 9.90. The third-order valence-electron chi connectivity index (χ3n) is 4.77. The Labute approximate surface area is 164 Å². The van der Waals surface area contributed by atoms with E-state index < -0.39 is 32.8 Å². The number of aromatic hydroxyl groups is 1. The van der Waals surface area contributed by atoms with Crippen LogP contribution in [0.2, 0.25) is 0 Å². The van der Waals surface area contributed by atoms with Crippen LogP contribution in [0.25, 0.3) is 10.8 Å². The van der Waals surface area contributed by atoms with E-state index in [9.17, 15) is 31.9 Å². The number of carbonyl (C=O) groups excluding carboxylic acids is 1. The summed E-state index contributed by atoms with van der Waals surface area (Å²) in [6.07, 6.45) is 4.16. The number of hydrogen-bond donors (Lipinski definition) is 1. The third-order valence-corrected chi connectivity index (χ3v) is 5.91. The van der Waals surface area contributed by atoms with Crippen LogP contribution in [-0.4, -0.2) is 36.1 Å². The smallest absolute Gasteiger partial charge is 0.478 e. The molecule has 0 radical (unpaired) electrons. The molecule has 0 bridgehead atoms. The lowest BCUT2D eigenvalue weighted by molar-refractivity contribution is -0.163. The number of nitrogens with zero attached hydrogens (tertiary/aromatic N) is 1. The molecule has 1 heterocycles. The summed E-state index contributed by atoms with van der Waals surface area (Å²) in [6, 6.07) is 6.70. The van der Waals surface area contributed by atoms with Crippen molar-refractivity contribution in [3.63, 3.8) is 0 Å². The van der Waals surface area contributed by atoms with Crippen molar-refractivity contribution < 1.29 is 36.1 Å². The number of benzene rings is 1. The van der Waals surface area contributed by atoms with E-state index in [4.69, 9.17) is 0 Å². The van der Waals surface area contributed by atoms with Crippen molar-refractivity contribution in [2.45, 2.75) is 37.4 Å². The number of hydrogen-bond acceptors (Lipinski definition) is 7. The van der Waals surface area contributed by atoms with Crippen LogP contribution in [0, 0.1) is 5.92 Å². The van der Waals surface area contributed by atoms with Gasteiger partial charge >= 0.3 is 21.3 Å². The topological polar surface area (TPSA) is 112 Å². The SMILES string of the molecule is O=C(OCC1CCCCC1)C(F)(F)S(=O)(=O)On1c(O)c2ccccc2cc1=O. The van der Waals surface area contributed by atoms with Gasteiger partial charge in [-0.1, -0.05) is 42.2 Å². The molecule has 0 spiro atoms. The first kappa shape index (κ1) is 21.0. The largest absolute Gasteiger partial charge is 0.492 e. The Morgan fingerprint density at radius 3 is 2.55 bits per heavy atom. The first-order valence-electron chi connectivity index (χ1n) is 8.97. The van der Waals surface area contributed by atoms with Gasteiger partial charge in [0.25, 0.3) is 5.56 Å². The van der Waals surface area contributed by atoms with Gasteiger partial charge in [0.1, 0.15) is 0 Å². The summed E-state index contributed by atoms with van der Waals surface area (Å²) in [7, 11) is -5.98. The number of fused-ring (bicyclic) bond motifs is 1. The summed E-state index contributed by atoms with van der Waals surface area (Å²) in [5.41, 5.74) is -1.21. The Hall–Kier alpha value is -2.69. The lowest BCUT2D eigenvalue weighted by Gasteiger charge is -2.22. The molecule has 2 aromatic rings. The molecular formula is C18H19F2NO7S. The number of halogens is 2. The number of carbonyl (C=O) groups is 1. The number of ether oxygens (including phenoxy) is 1. The maximum Gasteiger partial charge on any atom is 0.478 e. The Kier molecular flexibility index (Phi) is 5.78. The van der Waals surface area contributed by atoms with Crippen molar-refractivity contribution in [3.05, 3.63) is 40.7 Å². The van der Waals surface area contributed by atoms with Gasteiger partial charge in [0, 0.05) is 11.5 Å². The molecule has 0 atom stereocenters. The van der Waals surface area contributed by atoms with Crippen LogP contribution in [0.3, 0.4) is 0 Å². The van der Waals surface area contributed by atoms with Crippen LogP contribution in [0.1, 0.15) is 32.1 Å². The third kappa shape index (κ3) is 4.19. The maximum absolute atomic E-state index is 14.2. The van der Waals surface area contributed by atoms with Crippen LogP contribution < -0.4 is 9.84 Å². The Morgan fingerprint density at radius 1 is 1.21 bits per heavy atom. The molecule has 158 valence electrons. The van der Waals surface area contributed by atoms with E-state index in [1.54, 1.807) is 6.07 Å². The minimum atomic E-state index is -5.98. The summed E-state index contributed by atoms with van der Waals surface area (Å²) in [5.74, 6) is -3.40. The Morgan fingerprint density at radius 2 is 1.86 bits per heavy atom. The highest BCUT2D eigenvalue weighted by molar-refractivity contribution is 7.88. The van der Waals surface area contributed by atoms with E-state index in [1.807, 2.05) is 0 Å². The molecule has 0 aliphatic heterocycles. The fraction of sp³-hybridized carbons (Fsp3) is 0.444. The second-order valence-corrected chi connectivity index (χ2v) is 8.41. The van der Waals surface area contributed by atoms with Crippen LogP contribution >= 0.6 is 0 Å². The highest BCUT2D eigenvalue weighted by atomic mass is 32.2. The minimum absolute atomic E-state index is 0.00880. The quantitative estimate of drug-likeness (QED) is 0.698. The first-order valence-corrected chi connectivity index (χ1v) is 10.4. The summed E-state index contributed by atoms with van der Waals surface area (Å²) in [4.78, 5) is 23.8. The average Bonchev–Trinajstić information content (AvgIpc) is 2.70. The molecular weight excluding hydrogens is 412 g/mol. The van der Waals surface area contributed by atoms with Crippen molar-refractivity contribution >= 4 is 26.9 Å². The number of rotatable bonds is 6. The van der Waals surface area contributed by atoms with E-state index >= 15 is 0 Å². The molecule has 1 aromatic heterocycles. The predicted molar refractivity (Wildman–Crippen MR) is 97.9 cm³/mol. The molecule has 8 nitrogen and oxygen atoms in total. The number of aromatic nitrogens is 1. The molecule has 1 saturated carbocycles. The van der Waals surface area contributed by atoms with Crippen molar-refractivity contribution in [2.24, 2.45) is 5.92 Å². The second kappa shape index (κ2) is 7.97. The molecule has 29 heavy (non-hydrogen) atoms. The van der Waals surface area contributed by atoms with Gasteiger partial charge in [0.2, 0.25) is 5.88 Å². The standard InChI is InChI=1S/C18H19F2NO7S/c19-18(20,17(24)27-11-12-6-2-1-3-7-12)29(25,26)28-21-15(22)10-13-8-4-5-9-14(13)16(21)23/h4-5,8-10,12,23H,1-3,6-7,11H2. The molecule has 3 rings (SSSR count). The lowest BCUT2D eigenvalue weighted by Crippen LogP contribution is -2.46. The first-order chi connectivity index (χ1) is 13.6. The summed E-state index contributed by atoms with van der Waals surface area (Å²) < 4.78 is 60.9. The highest BCUT2D eigenvalue weighted by Gasteiger charge is 2.58. The Bertz CT molecular complexity index is 1080. The van der Waals surface area contributed by atoms with Crippen LogP contribution in [-0.2, 0) is 19.6 Å². The van der Waals surface area contributed by atoms with Crippen LogP contribution in [0.5, 0.6) is 5.88 Å². The van der Waals surface area contributed by atoms with Gasteiger partial charge in [-0.25, -0.2) is 4.79 Å². The van der Waals surface area contributed by atoms with Crippen LogP contribution in [0.15, 0.2) is 35.1 Å². The van der Waals surface area contributed by atoms with E-state index in [1.165, 1.54) is 18.2 Å². The highest BCUT2D eigenvalue weighted by Crippen LogP contribution is 2.28. The van der Waals surface area contributed by atoms with Gasteiger partial charge < -0.3 is 9.84 Å². The zero-order valence-corrected chi connectivity index (χ0v) is 16.0. The van der Waals surface area contributed by atoms with E-state index in [0.29, 0.717) is 12.8 Å². The maximum atomic E-state index is 14.2. The summed E-state index contributed by atoms with van der Waals surface area (Å²) >= 11 is 0. The summed E-state index contributed by atoms with van der Waals surface area (Å²) in [5, 5.41) is 5.25. The van der Waals surface area contributed by atoms with E-state index in [2.05, 4.69) is 9.02 Å². The molecule has 0 amide bonds. The molecule has 1 N–H and O–H groups in total. The monoisotopic (exact) mass is 431 g/mol. The fourth-order valence-corrected chi connectivity index (χ4v) is 3.88. The van der Waals surface area contributed by atoms with Gasteiger partial charge in [-0.15, -0.1) is 0 Å². The molecule has 1 aliphatic rings. The normalized spacial score (nSPS) is 15.9. The molecule has 0 saturated heterocycles. The van der Waals surface area contributed by atoms with Gasteiger partial charge in [-0.05, 0) is 30.2 Å². The zero-order valence-electron chi connectivity index (χ0n) is 15.2. The molecule has 0 unspecified atom stereocenters. The zero-order chi connectivity index (χ0) is 21.2. The van der Waals surface area contributed by atoms with Crippen LogP contribution in [0.4, 0.5) is 8.78 Å². The van der Waals surface area contributed by atoms with Gasteiger partial charge in [0.15, 0.2) is 0 Å². The number of esters is 1. The predicted octanol–water partition coefficient (Wildman–Crippen LogP) is 2.18. The average molecular weight is 431 g/mol. The van der Waals surface area contributed by atoms with Crippen molar-refractivity contribution in [1.29, 1.82) is 0 Å². The van der Waals surface area contributed by atoms with Crippen molar-refractivity contribution in [1.82, 2.24) is 4.73 Å². The molecule has 1 fully saturated rings. The van der Waals surface area contributed by atoms with Crippen molar-refractivity contribution in [3.8, 4) is 5.88 Å². The minimum Gasteiger partial charge on any atom is -0.492 e. The fourth-order valence-electron chi connectivity index (χ4n) is 3.18. The number of alkyl halides is 2.